The molecule has 0 radical (unpaired) electrons. The standard InChI is InChI=1S/C21H34N4O4S/c1-13-9-23(21(27)15-3-4-15)20-7-16(5-6-19(20)25(13)14(2)26)17-8-22-24(10-17)18-11-30(28,29)12-18/h13,15-20,22H,3-12H2,1-2H3/t13-,16?,17?,19?,20?/m0/s1. The fourth-order valence-corrected chi connectivity index (χ4v) is 7.81. The van der Waals surface area contributed by atoms with Crippen molar-refractivity contribution in [3.63, 3.8) is 0 Å². The normalized spacial score (nSPS) is 39.5. The zero-order valence-electron chi connectivity index (χ0n) is 18.0. The van der Waals surface area contributed by atoms with Gasteiger partial charge in [0.15, 0.2) is 9.84 Å². The van der Waals surface area contributed by atoms with Crippen molar-refractivity contribution < 1.29 is 18.0 Å². The summed E-state index contributed by atoms with van der Waals surface area (Å²) in [5, 5.41) is 2.13. The zero-order chi connectivity index (χ0) is 21.2. The highest BCUT2D eigenvalue weighted by Gasteiger charge is 2.50. The Bertz CT molecular complexity index is 817. The maximum Gasteiger partial charge on any atom is 0.226 e. The molecule has 3 aliphatic heterocycles. The number of nitrogens with zero attached hydrogens (tertiary/aromatic N) is 3. The Labute approximate surface area is 179 Å². The molecule has 30 heavy (non-hydrogen) atoms. The van der Waals surface area contributed by atoms with Crippen LogP contribution in [0.1, 0.15) is 46.0 Å². The van der Waals surface area contributed by atoms with E-state index in [0.29, 0.717) is 24.3 Å². The number of fused-ring (bicyclic) bond motifs is 1. The highest BCUT2D eigenvalue weighted by molar-refractivity contribution is 7.92. The molecule has 5 fully saturated rings. The van der Waals surface area contributed by atoms with Crippen LogP contribution in [-0.4, -0.2) is 90.3 Å². The third-order valence-corrected chi connectivity index (χ3v) is 9.86. The molecule has 9 heteroatoms. The van der Waals surface area contributed by atoms with Crippen LogP contribution in [0.4, 0.5) is 0 Å². The molecule has 5 aliphatic rings. The Balaban J connectivity index is 1.29. The summed E-state index contributed by atoms with van der Waals surface area (Å²) >= 11 is 0. The van der Waals surface area contributed by atoms with E-state index in [1.54, 1.807) is 6.92 Å². The molecule has 3 saturated heterocycles. The molecule has 1 N–H and O–H groups in total. The van der Waals surface area contributed by atoms with Gasteiger partial charge >= 0.3 is 0 Å². The van der Waals surface area contributed by atoms with Crippen molar-refractivity contribution in [2.75, 3.05) is 31.1 Å². The molecule has 168 valence electrons. The van der Waals surface area contributed by atoms with Crippen molar-refractivity contribution in [3.8, 4) is 0 Å². The van der Waals surface area contributed by atoms with Crippen molar-refractivity contribution in [2.24, 2.45) is 17.8 Å². The molecule has 5 atom stereocenters. The minimum atomic E-state index is -2.83. The molecule has 0 aromatic heterocycles. The molecule has 0 aromatic carbocycles. The first-order valence-electron chi connectivity index (χ1n) is 11.5. The lowest BCUT2D eigenvalue weighted by molar-refractivity contribution is -0.155. The quantitative estimate of drug-likeness (QED) is 0.679. The minimum absolute atomic E-state index is 0.0761. The van der Waals surface area contributed by atoms with E-state index >= 15 is 0 Å². The summed E-state index contributed by atoms with van der Waals surface area (Å²) in [6, 6.07) is 0.433. The van der Waals surface area contributed by atoms with Gasteiger partial charge in [-0.2, -0.15) is 0 Å². The summed E-state index contributed by atoms with van der Waals surface area (Å²) in [4.78, 5) is 29.6. The maximum atomic E-state index is 13.1. The number of piperazine rings is 1. The SMILES string of the molecule is CC(=O)N1C2CCC(C3CNN(C4CS(=O)(=O)C4)C3)CC2N(C(=O)C2CC2)C[C@@H]1C. The van der Waals surface area contributed by atoms with E-state index < -0.39 is 9.84 Å². The topological polar surface area (TPSA) is 90.0 Å². The first-order chi connectivity index (χ1) is 14.2. The summed E-state index contributed by atoms with van der Waals surface area (Å²) in [5.74, 6) is 2.11. The lowest BCUT2D eigenvalue weighted by Crippen LogP contribution is -2.67. The average molecular weight is 439 g/mol. The smallest absolute Gasteiger partial charge is 0.226 e. The van der Waals surface area contributed by atoms with Crippen LogP contribution in [0, 0.1) is 17.8 Å². The van der Waals surface area contributed by atoms with Gasteiger partial charge in [0, 0.05) is 38.5 Å². The second kappa shape index (κ2) is 7.45. The summed E-state index contributed by atoms with van der Waals surface area (Å²) < 4.78 is 23.1. The van der Waals surface area contributed by atoms with Crippen LogP contribution in [0.3, 0.4) is 0 Å². The predicted octanol–water partition coefficient (Wildman–Crippen LogP) is 0.246. The number of carbonyl (C=O) groups excluding carboxylic acids is 2. The van der Waals surface area contributed by atoms with Crippen LogP contribution in [0.2, 0.25) is 0 Å². The molecule has 0 aromatic rings. The van der Waals surface area contributed by atoms with Crippen LogP contribution >= 0.6 is 0 Å². The molecule has 3 heterocycles. The molecule has 2 aliphatic carbocycles. The third-order valence-electron chi connectivity index (χ3n) is 8.08. The summed E-state index contributed by atoms with van der Waals surface area (Å²) in [6.07, 6.45) is 4.97. The van der Waals surface area contributed by atoms with Crippen molar-refractivity contribution >= 4 is 21.7 Å². The Kier molecular flexibility index (Phi) is 5.14. The van der Waals surface area contributed by atoms with Gasteiger partial charge in [-0.1, -0.05) is 0 Å². The molecular weight excluding hydrogens is 404 g/mol. The number of hydrogen-bond donors (Lipinski definition) is 1. The number of hydrogen-bond acceptors (Lipinski definition) is 6. The zero-order valence-corrected chi connectivity index (χ0v) is 18.8. The molecule has 0 bridgehead atoms. The van der Waals surface area contributed by atoms with Crippen molar-refractivity contribution in [2.45, 2.75) is 70.1 Å². The van der Waals surface area contributed by atoms with Gasteiger partial charge in [-0.15, -0.1) is 0 Å². The van der Waals surface area contributed by atoms with Gasteiger partial charge in [-0.05, 0) is 50.9 Å². The van der Waals surface area contributed by atoms with E-state index in [1.807, 2.05) is 4.90 Å². The molecule has 5 rings (SSSR count). The van der Waals surface area contributed by atoms with Crippen LogP contribution in [0.25, 0.3) is 0 Å². The number of nitrogens with one attached hydrogen (secondary N) is 1. The van der Waals surface area contributed by atoms with E-state index in [4.69, 9.17) is 0 Å². The Morgan fingerprint density at radius 2 is 1.70 bits per heavy atom. The van der Waals surface area contributed by atoms with Gasteiger partial charge in [0.1, 0.15) is 0 Å². The number of amides is 2. The average Bonchev–Trinajstić information content (AvgIpc) is 3.41. The number of carbonyl (C=O) groups is 2. The fourth-order valence-electron chi connectivity index (χ4n) is 6.37. The monoisotopic (exact) mass is 438 g/mol. The first kappa shape index (κ1) is 20.7. The van der Waals surface area contributed by atoms with E-state index in [-0.39, 0.29) is 47.5 Å². The number of rotatable bonds is 3. The number of sulfone groups is 1. The van der Waals surface area contributed by atoms with E-state index in [9.17, 15) is 18.0 Å². The summed E-state index contributed by atoms with van der Waals surface area (Å²) in [6.45, 7) is 6.14. The van der Waals surface area contributed by atoms with Gasteiger partial charge in [0.25, 0.3) is 0 Å². The lowest BCUT2D eigenvalue weighted by Gasteiger charge is -2.54. The first-order valence-corrected chi connectivity index (χ1v) is 13.4. The fraction of sp³-hybridized carbons (Fsp3) is 0.905. The van der Waals surface area contributed by atoms with Gasteiger partial charge in [-0.25, -0.2) is 13.4 Å². The second-order valence-electron chi connectivity index (χ2n) is 10.3. The maximum absolute atomic E-state index is 13.1. The number of hydrazine groups is 1. The summed E-state index contributed by atoms with van der Waals surface area (Å²) in [5.41, 5.74) is 3.44. The minimum Gasteiger partial charge on any atom is -0.335 e. The van der Waals surface area contributed by atoms with Crippen LogP contribution < -0.4 is 5.43 Å². The van der Waals surface area contributed by atoms with Crippen LogP contribution in [-0.2, 0) is 19.4 Å². The largest absolute Gasteiger partial charge is 0.335 e. The molecule has 2 amide bonds. The van der Waals surface area contributed by atoms with Crippen molar-refractivity contribution in [1.29, 1.82) is 0 Å². The van der Waals surface area contributed by atoms with E-state index in [0.717, 1.165) is 45.2 Å². The lowest BCUT2D eigenvalue weighted by atomic mass is 9.73. The molecule has 0 spiro atoms. The highest BCUT2D eigenvalue weighted by atomic mass is 32.2. The van der Waals surface area contributed by atoms with Gasteiger partial charge in [-0.3, -0.25) is 15.0 Å². The van der Waals surface area contributed by atoms with Gasteiger partial charge in [0.2, 0.25) is 11.8 Å². The van der Waals surface area contributed by atoms with Gasteiger partial charge < -0.3 is 9.80 Å². The Morgan fingerprint density at radius 1 is 0.967 bits per heavy atom. The van der Waals surface area contributed by atoms with E-state index in [2.05, 4.69) is 22.3 Å². The van der Waals surface area contributed by atoms with Crippen LogP contribution in [0.5, 0.6) is 0 Å². The van der Waals surface area contributed by atoms with Crippen molar-refractivity contribution in [3.05, 3.63) is 0 Å². The highest BCUT2D eigenvalue weighted by Crippen LogP contribution is 2.42. The third kappa shape index (κ3) is 3.66. The summed E-state index contributed by atoms with van der Waals surface area (Å²) in [7, 11) is -2.83. The van der Waals surface area contributed by atoms with Gasteiger partial charge in [0.05, 0.1) is 29.6 Å². The Morgan fingerprint density at radius 3 is 2.33 bits per heavy atom. The predicted molar refractivity (Wildman–Crippen MR) is 112 cm³/mol. The molecule has 2 saturated carbocycles. The van der Waals surface area contributed by atoms with E-state index in [1.165, 1.54) is 0 Å². The second-order valence-corrected chi connectivity index (χ2v) is 12.4. The van der Waals surface area contributed by atoms with Crippen LogP contribution in [0.15, 0.2) is 0 Å². The molecular formula is C21H34N4O4S. The van der Waals surface area contributed by atoms with Crippen molar-refractivity contribution in [1.82, 2.24) is 20.2 Å². The molecule has 4 unspecified atom stereocenters. The molecule has 8 nitrogen and oxygen atoms in total. The Hall–Kier alpha value is -1.19.